The Morgan fingerprint density at radius 2 is 1.88 bits per heavy atom. The lowest BCUT2D eigenvalue weighted by Crippen LogP contribution is -2.49. The molecular weight excluding hydrogens is 224 g/mol. The molecule has 1 fully saturated rings. The van der Waals surface area contributed by atoms with Crippen LogP contribution in [0, 0.1) is 11.3 Å². The SMILES string of the molecule is CC(C)(C)[C@H](N)C(=O)NCC1CCCC1.Cl. The van der Waals surface area contributed by atoms with Gasteiger partial charge < -0.3 is 11.1 Å². The van der Waals surface area contributed by atoms with Gasteiger partial charge in [-0.3, -0.25) is 4.79 Å². The number of hydrogen-bond donors (Lipinski definition) is 2. The third-order valence-electron chi connectivity index (χ3n) is 3.26. The van der Waals surface area contributed by atoms with Crippen molar-refractivity contribution in [2.45, 2.75) is 52.5 Å². The van der Waals surface area contributed by atoms with Crippen molar-refractivity contribution >= 4 is 18.3 Å². The lowest BCUT2D eigenvalue weighted by molar-refractivity contribution is -0.124. The van der Waals surface area contributed by atoms with Gasteiger partial charge in [-0.2, -0.15) is 0 Å². The van der Waals surface area contributed by atoms with Crippen molar-refractivity contribution in [2.24, 2.45) is 17.1 Å². The van der Waals surface area contributed by atoms with Crippen LogP contribution < -0.4 is 11.1 Å². The fourth-order valence-electron chi connectivity index (χ4n) is 1.96. The van der Waals surface area contributed by atoms with Gasteiger partial charge in [0.25, 0.3) is 0 Å². The highest BCUT2D eigenvalue weighted by atomic mass is 35.5. The number of halogens is 1. The van der Waals surface area contributed by atoms with Crippen molar-refractivity contribution in [3.8, 4) is 0 Å². The van der Waals surface area contributed by atoms with Crippen LogP contribution in [0.3, 0.4) is 0 Å². The fourth-order valence-corrected chi connectivity index (χ4v) is 1.96. The van der Waals surface area contributed by atoms with Gasteiger partial charge in [0, 0.05) is 6.54 Å². The number of nitrogens with two attached hydrogens (primary N) is 1. The molecule has 3 N–H and O–H groups in total. The normalized spacial score (nSPS) is 19.0. The molecular formula is C12H25ClN2O. The molecule has 0 aromatic carbocycles. The zero-order valence-electron chi connectivity index (χ0n) is 10.6. The lowest BCUT2D eigenvalue weighted by atomic mass is 9.87. The Morgan fingerprint density at radius 1 is 1.38 bits per heavy atom. The van der Waals surface area contributed by atoms with E-state index in [2.05, 4.69) is 5.32 Å². The summed E-state index contributed by atoms with van der Waals surface area (Å²) in [5.41, 5.74) is 5.71. The number of rotatable bonds is 3. The van der Waals surface area contributed by atoms with Gasteiger partial charge in [-0.25, -0.2) is 0 Å². The van der Waals surface area contributed by atoms with Crippen LogP contribution in [0.15, 0.2) is 0 Å². The monoisotopic (exact) mass is 248 g/mol. The van der Waals surface area contributed by atoms with Crippen molar-refractivity contribution in [1.29, 1.82) is 0 Å². The van der Waals surface area contributed by atoms with E-state index < -0.39 is 6.04 Å². The topological polar surface area (TPSA) is 55.1 Å². The van der Waals surface area contributed by atoms with Crippen molar-refractivity contribution in [3.05, 3.63) is 0 Å². The Labute approximate surface area is 105 Å². The summed E-state index contributed by atoms with van der Waals surface area (Å²) in [6.45, 7) is 6.79. The van der Waals surface area contributed by atoms with Crippen LogP contribution >= 0.6 is 12.4 Å². The Balaban J connectivity index is 0.00000225. The van der Waals surface area contributed by atoms with Crippen molar-refractivity contribution in [3.63, 3.8) is 0 Å². The molecule has 0 aromatic heterocycles. The maximum atomic E-state index is 11.7. The average molecular weight is 249 g/mol. The highest BCUT2D eigenvalue weighted by Crippen LogP contribution is 2.24. The van der Waals surface area contributed by atoms with Gasteiger partial charge >= 0.3 is 0 Å². The predicted octanol–water partition coefficient (Wildman–Crippen LogP) is 2.09. The Hall–Kier alpha value is -0.280. The largest absolute Gasteiger partial charge is 0.354 e. The molecule has 96 valence electrons. The van der Waals surface area contributed by atoms with E-state index in [1.165, 1.54) is 25.7 Å². The first-order valence-electron chi connectivity index (χ1n) is 5.94. The number of carbonyl (C=O) groups excluding carboxylic acids is 1. The number of nitrogens with one attached hydrogen (secondary N) is 1. The van der Waals surface area contributed by atoms with E-state index in [0.29, 0.717) is 5.92 Å². The van der Waals surface area contributed by atoms with Crippen LogP contribution in [0.2, 0.25) is 0 Å². The zero-order chi connectivity index (χ0) is 11.5. The predicted molar refractivity (Wildman–Crippen MR) is 69.6 cm³/mol. The molecule has 0 unspecified atom stereocenters. The molecule has 16 heavy (non-hydrogen) atoms. The minimum atomic E-state index is -0.404. The second-order valence-corrected chi connectivity index (χ2v) is 5.74. The van der Waals surface area contributed by atoms with E-state index in [4.69, 9.17) is 5.73 Å². The molecule has 0 saturated heterocycles. The van der Waals surface area contributed by atoms with Gasteiger partial charge in [0.05, 0.1) is 6.04 Å². The summed E-state index contributed by atoms with van der Waals surface area (Å²) in [5.74, 6) is 0.676. The molecule has 0 aromatic rings. The smallest absolute Gasteiger partial charge is 0.237 e. The second-order valence-electron chi connectivity index (χ2n) is 5.74. The summed E-state index contributed by atoms with van der Waals surface area (Å²) < 4.78 is 0. The van der Waals surface area contributed by atoms with Gasteiger partial charge in [0.15, 0.2) is 0 Å². The van der Waals surface area contributed by atoms with E-state index in [1.54, 1.807) is 0 Å². The summed E-state index contributed by atoms with van der Waals surface area (Å²) in [7, 11) is 0. The van der Waals surface area contributed by atoms with Gasteiger partial charge in [0.1, 0.15) is 0 Å². The Kier molecular flexibility index (Phi) is 6.34. The zero-order valence-corrected chi connectivity index (χ0v) is 11.4. The molecule has 0 aliphatic heterocycles. The summed E-state index contributed by atoms with van der Waals surface area (Å²) in [4.78, 5) is 11.7. The summed E-state index contributed by atoms with van der Waals surface area (Å²) in [6.07, 6.45) is 5.13. The fraction of sp³-hybridized carbons (Fsp3) is 0.917. The third-order valence-corrected chi connectivity index (χ3v) is 3.26. The molecule has 1 atom stereocenters. The van der Waals surface area contributed by atoms with Crippen LogP contribution in [0.25, 0.3) is 0 Å². The van der Waals surface area contributed by atoms with Gasteiger partial charge in [-0.05, 0) is 24.2 Å². The molecule has 1 saturated carbocycles. The van der Waals surface area contributed by atoms with Crippen LogP contribution in [-0.4, -0.2) is 18.5 Å². The van der Waals surface area contributed by atoms with E-state index in [9.17, 15) is 4.79 Å². The third kappa shape index (κ3) is 4.71. The van der Waals surface area contributed by atoms with Crippen LogP contribution in [0.1, 0.15) is 46.5 Å². The molecule has 1 rings (SSSR count). The summed E-state index contributed by atoms with van der Waals surface area (Å²) >= 11 is 0. The minimum absolute atomic E-state index is 0. The molecule has 4 heteroatoms. The highest BCUT2D eigenvalue weighted by molar-refractivity contribution is 5.85. The highest BCUT2D eigenvalue weighted by Gasteiger charge is 2.27. The molecule has 1 aliphatic rings. The van der Waals surface area contributed by atoms with Gasteiger partial charge in [-0.15, -0.1) is 12.4 Å². The molecule has 1 aliphatic carbocycles. The van der Waals surface area contributed by atoms with Crippen LogP contribution in [0.4, 0.5) is 0 Å². The maximum absolute atomic E-state index is 11.7. The molecule has 0 radical (unpaired) electrons. The van der Waals surface area contributed by atoms with Gasteiger partial charge in [0.2, 0.25) is 5.91 Å². The molecule has 3 nitrogen and oxygen atoms in total. The Bertz CT molecular complexity index is 220. The lowest BCUT2D eigenvalue weighted by Gasteiger charge is -2.26. The molecule has 0 spiro atoms. The van der Waals surface area contributed by atoms with Crippen molar-refractivity contribution in [1.82, 2.24) is 5.32 Å². The first kappa shape index (κ1) is 15.7. The van der Waals surface area contributed by atoms with Crippen molar-refractivity contribution < 1.29 is 4.79 Å². The van der Waals surface area contributed by atoms with Gasteiger partial charge in [-0.1, -0.05) is 33.6 Å². The van der Waals surface area contributed by atoms with Crippen LogP contribution in [0.5, 0.6) is 0 Å². The van der Waals surface area contributed by atoms with E-state index >= 15 is 0 Å². The summed E-state index contributed by atoms with van der Waals surface area (Å²) in [6, 6.07) is -0.404. The Morgan fingerprint density at radius 3 is 2.31 bits per heavy atom. The maximum Gasteiger partial charge on any atom is 0.237 e. The summed E-state index contributed by atoms with van der Waals surface area (Å²) in [5, 5.41) is 2.97. The number of hydrogen-bond acceptors (Lipinski definition) is 2. The minimum Gasteiger partial charge on any atom is -0.354 e. The van der Waals surface area contributed by atoms with E-state index in [0.717, 1.165) is 6.54 Å². The quantitative estimate of drug-likeness (QED) is 0.804. The van der Waals surface area contributed by atoms with E-state index in [1.807, 2.05) is 20.8 Å². The number of amides is 1. The standard InChI is InChI=1S/C12H24N2O.ClH/c1-12(2,3)10(13)11(15)14-8-9-6-4-5-7-9;/h9-10H,4-8,13H2,1-3H3,(H,14,15);1H/t10-;/m1./s1. The first-order chi connectivity index (χ1) is 6.91. The average Bonchev–Trinajstić information content (AvgIpc) is 2.63. The molecule has 0 heterocycles. The number of carbonyl (C=O) groups is 1. The van der Waals surface area contributed by atoms with Crippen molar-refractivity contribution in [2.75, 3.05) is 6.54 Å². The van der Waals surface area contributed by atoms with E-state index in [-0.39, 0.29) is 23.7 Å². The molecule has 0 bridgehead atoms. The van der Waals surface area contributed by atoms with Crippen LogP contribution in [-0.2, 0) is 4.79 Å². The molecule has 1 amide bonds. The first-order valence-corrected chi connectivity index (χ1v) is 5.94. The second kappa shape index (κ2) is 6.45.